The van der Waals surface area contributed by atoms with Gasteiger partial charge < -0.3 is 29.0 Å². The number of furan rings is 1. The zero-order chi connectivity index (χ0) is 24.8. The number of anilines is 2. The summed E-state index contributed by atoms with van der Waals surface area (Å²) < 4.78 is 15.6. The van der Waals surface area contributed by atoms with Crippen molar-refractivity contribution in [1.82, 2.24) is 10.2 Å². The Bertz CT molecular complexity index is 1170. The lowest BCUT2D eigenvalue weighted by atomic mass is 10.1. The smallest absolute Gasteiger partial charge is 0.293 e. The number of hydrogen-bond donors (Lipinski definition) is 2. The number of methoxy groups -OCH3 is 2. The van der Waals surface area contributed by atoms with E-state index in [-0.39, 0.29) is 16.8 Å². The maximum atomic E-state index is 13.0. The van der Waals surface area contributed by atoms with Gasteiger partial charge in [0.25, 0.3) is 11.8 Å². The highest BCUT2D eigenvalue weighted by atomic mass is 32.1. The predicted molar refractivity (Wildman–Crippen MR) is 136 cm³/mol. The van der Waals surface area contributed by atoms with Crippen molar-refractivity contribution in [2.45, 2.75) is 0 Å². The fourth-order valence-corrected chi connectivity index (χ4v) is 3.98. The molecule has 0 radical (unpaired) electrons. The van der Waals surface area contributed by atoms with Crippen molar-refractivity contribution in [3.8, 4) is 11.5 Å². The second-order valence-corrected chi connectivity index (χ2v) is 8.22. The van der Waals surface area contributed by atoms with Gasteiger partial charge in [0.05, 0.1) is 20.5 Å². The molecule has 1 aliphatic heterocycles. The van der Waals surface area contributed by atoms with E-state index in [1.54, 1.807) is 44.6 Å². The number of rotatable bonds is 6. The first-order valence-electron chi connectivity index (χ1n) is 11.0. The Morgan fingerprint density at radius 3 is 2.17 bits per heavy atom. The maximum Gasteiger partial charge on any atom is 0.293 e. The fourth-order valence-electron chi connectivity index (χ4n) is 3.77. The number of carbonyl (C=O) groups is 2. The number of nitrogens with zero attached hydrogens (tertiary/aromatic N) is 2. The third-order valence-electron chi connectivity index (χ3n) is 5.63. The van der Waals surface area contributed by atoms with E-state index < -0.39 is 5.91 Å². The van der Waals surface area contributed by atoms with Crippen LogP contribution in [0.1, 0.15) is 20.9 Å². The first kappa shape index (κ1) is 24.1. The van der Waals surface area contributed by atoms with Crippen LogP contribution in [0, 0.1) is 0 Å². The van der Waals surface area contributed by atoms with Gasteiger partial charge in [-0.1, -0.05) is 0 Å². The molecule has 1 aromatic heterocycles. The number of amides is 2. The molecular weight excluding hydrogens is 468 g/mol. The lowest BCUT2D eigenvalue weighted by Gasteiger charge is -2.36. The van der Waals surface area contributed by atoms with Crippen molar-refractivity contribution in [3.63, 3.8) is 0 Å². The van der Waals surface area contributed by atoms with Gasteiger partial charge in [0.2, 0.25) is 0 Å². The zero-order valence-corrected chi connectivity index (χ0v) is 20.3. The summed E-state index contributed by atoms with van der Waals surface area (Å²) in [7, 11) is 3.13. The minimum Gasteiger partial charge on any atom is -0.497 e. The first-order valence-corrected chi connectivity index (χ1v) is 11.4. The minimum absolute atomic E-state index is 0.0495. The summed E-state index contributed by atoms with van der Waals surface area (Å²) in [5.41, 5.74) is 2.33. The number of thiocarbonyl (C=S) groups is 1. The standard InChI is InChI=1S/C25H26N4O5S/c1-32-20-14-17(15-21(16-20)33-2)24(31)29-11-9-28(10-12-29)19-7-5-18(6-8-19)26-25(35)27-23(30)22-4-3-13-34-22/h3-8,13-16H,9-12H2,1-2H3,(H2,26,27,30,35). The summed E-state index contributed by atoms with van der Waals surface area (Å²) in [5.74, 6) is 0.892. The summed E-state index contributed by atoms with van der Waals surface area (Å²) in [4.78, 5) is 29.1. The van der Waals surface area contributed by atoms with E-state index in [9.17, 15) is 9.59 Å². The van der Waals surface area contributed by atoms with E-state index in [4.69, 9.17) is 26.1 Å². The number of hydrogen-bond acceptors (Lipinski definition) is 7. The average molecular weight is 495 g/mol. The first-order chi connectivity index (χ1) is 17.0. The number of ether oxygens (including phenoxy) is 2. The molecule has 1 saturated heterocycles. The van der Waals surface area contributed by atoms with E-state index in [2.05, 4.69) is 15.5 Å². The monoisotopic (exact) mass is 494 g/mol. The van der Waals surface area contributed by atoms with Crippen LogP contribution in [0.15, 0.2) is 65.3 Å². The largest absolute Gasteiger partial charge is 0.497 e. The molecule has 2 aromatic carbocycles. The highest BCUT2D eigenvalue weighted by Crippen LogP contribution is 2.25. The van der Waals surface area contributed by atoms with Gasteiger partial charge in [-0.05, 0) is 60.7 Å². The molecule has 0 aliphatic carbocycles. The van der Waals surface area contributed by atoms with Crippen LogP contribution in [0.4, 0.5) is 11.4 Å². The molecule has 0 spiro atoms. The number of benzene rings is 2. The van der Waals surface area contributed by atoms with Gasteiger partial charge in [-0.3, -0.25) is 14.9 Å². The van der Waals surface area contributed by atoms with Crippen molar-refractivity contribution < 1.29 is 23.5 Å². The molecule has 3 aromatic rings. The number of carbonyl (C=O) groups excluding carboxylic acids is 2. The van der Waals surface area contributed by atoms with Gasteiger partial charge in [-0.25, -0.2) is 0 Å². The lowest BCUT2D eigenvalue weighted by Crippen LogP contribution is -2.48. The van der Waals surface area contributed by atoms with Crippen molar-refractivity contribution in [2.24, 2.45) is 0 Å². The Balaban J connectivity index is 1.30. The Labute approximate surface area is 208 Å². The van der Waals surface area contributed by atoms with E-state index in [0.29, 0.717) is 43.2 Å². The Morgan fingerprint density at radius 2 is 1.60 bits per heavy atom. The molecule has 1 aliphatic rings. The van der Waals surface area contributed by atoms with Crippen molar-refractivity contribution >= 4 is 40.5 Å². The molecule has 10 heteroatoms. The average Bonchev–Trinajstić information content (AvgIpc) is 3.44. The molecule has 0 saturated carbocycles. The molecule has 1 fully saturated rings. The van der Waals surface area contributed by atoms with E-state index in [1.165, 1.54) is 6.26 Å². The molecule has 0 atom stereocenters. The normalized spacial score (nSPS) is 13.2. The van der Waals surface area contributed by atoms with Crippen LogP contribution in [0.3, 0.4) is 0 Å². The van der Waals surface area contributed by atoms with Gasteiger partial charge >= 0.3 is 0 Å². The summed E-state index contributed by atoms with van der Waals surface area (Å²) in [6.07, 6.45) is 1.43. The highest BCUT2D eigenvalue weighted by molar-refractivity contribution is 7.80. The molecule has 35 heavy (non-hydrogen) atoms. The van der Waals surface area contributed by atoms with Crippen LogP contribution >= 0.6 is 12.2 Å². The summed E-state index contributed by atoms with van der Waals surface area (Å²) >= 11 is 5.21. The van der Waals surface area contributed by atoms with Gasteiger partial charge in [-0.2, -0.15) is 0 Å². The van der Waals surface area contributed by atoms with Crippen molar-refractivity contribution in [1.29, 1.82) is 0 Å². The van der Waals surface area contributed by atoms with Crippen LogP contribution in [-0.4, -0.2) is 62.2 Å². The Kier molecular flexibility index (Phi) is 7.51. The van der Waals surface area contributed by atoms with Crippen LogP contribution in [0.25, 0.3) is 0 Å². The quantitative estimate of drug-likeness (QED) is 0.504. The molecule has 0 unspecified atom stereocenters. The summed E-state index contributed by atoms with van der Waals surface area (Å²) in [6.45, 7) is 2.61. The molecule has 2 N–H and O–H groups in total. The van der Waals surface area contributed by atoms with Gasteiger partial charge in [0, 0.05) is 49.2 Å². The topological polar surface area (TPSA) is 96.3 Å². The third-order valence-corrected chi connectivity index (χ3v) is 5.83. The molecule has 2 amide bonds. The molecule has 4 rings (SSSR count). The molecule has 182 valence electrons. The van der Waals surface area contributed by atoms with Gasteiger partial charge in [0.15, 0.2) is 10.9 Å². The van der Waals surface area contributed by atoms with E-state index in [0.717, 1.165) is 11.4 Å². The SMILES string of the molecule is COc1cc(OC)cc(C(=O)N2CCN(c3ccc(NC(=S)NC(=O)c4ccco4)cc3)CC2)c1. The molecule has 0 bridgehead atoms. The van der Waals surface area contributed by atoms with Crippen molar-refractivity contribution in [3.05, 3.63) is 72.2 Å². The number of nitrogens with one attached hydrogen (secondary N) is 2. The second kappa shape index (κ2) is 10.9. The third kappa shape index (κ3) is 5.90. The summed E-state index contributed by atoms with van der Waals surface area (Å²) in [5, 5.41) is 5.75. The molecule has 2 heterocycles. The minimum atomic E-state index is -0.413. The van der Waals surface area contributed by atoms with E-state index >= 15 is 0 Å². The van der Waals surface area contributed by atoms with Crippen LogP contribution in [0.2, 0.25) is 0 Å². The fraction of sp³-hybridized carbons (Fsp3) is 0.240. The maximum absolute atomic E-state index is 13.0. The van der Waals surface area contributed by atoms with Crippen LogP contribution < -0.4 is 25.0 Å². The second-order valence-electron chi connectivity index (χ2n) is 7.81. The lowest BCUT2D eigenvalue weighted by molar-refractivity contribution is 0.0745. The van der Waals surface area contributed by atoms with Crippen molar-refractivity contribution in [2.75, 3.05) is 50.6 Å². The number of piperazine rings is 1. The van der Waals surface area contributed by atoms with E-state index in [1.807, 2.05) is 29.2 Å². The van der Waals surface area contributed by atoms with Gasteiger partial charge in [-0.15, -0.1) is 0 Å². The predicted octanol–water partition coefficient (Wildman–Crippen LogP) is 3.39. The van der Waals surface area contributed by atoms with Gasteiger partial charge in [0.1, 0.15) is 11.5 Å². The zero-order valence-electron chi connectivity index (χ0n) is 19.4. The highest BCUT2D eigenvalue weighted by Gasteiger charge is 2.23. The van der Waals surface area contributed by atoms with Crippen LogP contribution in [-0.2, 0) is 0 Å². The molecular formula is C25H26N4O5S. The molecule has 9 nitrogen and oxygen atoms in total. The Hall–Kier alpha value is -4.05. The van der Waals surface area contributed by atoms with Crippen LogP contribution in [0.5, 0.6) is 11.5 Å². The Morgan fingerprint density at radius 1 is 0.943 bits per heavy atom. The summed E-state index contributed by atoms with van der Waals surface area (Å²) in [6, 6.07) is 16.1.